The van der Waals surface area contributed by atoms with Gasteiger partial charge >= 0.3 is 0 Å². The third kappa shape index (κ3) is 4.58. The van der Waals surface area contributed by atoms with E-state index in [9.17, 15) is 0 Å². The summed E-state index contributed by atoms with van der Waals surface area (Å²) in [5.74, 6) is 0.322. The van der Waals surface area contributed by atoms with Crippen molar-refractivity contribution in [3.8, 4) is 16.9 Å². The van der Waals surface area contributed by atoms with Crippen LogP contribution in [0, 0.1) is 0 Å². The zero-order valence-electron chi connectivity index (χ0n) is 11.6. The van der Waals surface area contributed by atoms with Crippen LogP contribution in [0.2, 0.25) is 0 Å². The zero-order valence-corrected chi connectivity index (χ0v) is 11.6. The summed E-state index contributed by atoms with van der Waals surface area (Å²) in [4.78, 5) is 0. The Morgan fingerprint density at radius 2 is 0.905 bits per heavy atom. The summed E-state index contributed by atoms with van der Waals surface area (Å²) in [5, 5.41) is 8.63. The lowest BCUT2D eigenvalue weighted by atomic mass is 10.1. The van der Waals surface area contributed by atoms with Crippen LogP contribution in [-0.4, -0.2) is 5.11 Å². The van der Waals surface area contributed by atoms with Crippen LogP contribution in [0.15, 0.2) is 78.9 Å². The van der Waals surface area contributed by atoms with Gasteiger partial charge in [-0.15, -0.1) is 0 Å². The molecule has 0 saturated heterocycles. The van der Waals surface area contributed by atoms with E-state index in [0.29, 0.717) is 5.75 Å². The maximum Gasteiger partial charge on any atom is 0.115 e. The second-order valence-corrected chi connectivity index (χ2v) is 4.58. The number of anilines is 2. The van der Waals surface area contributed by atoms with Gasteiger partial charge in [-0.25, -0.2) is 0 Å². The first-order valence-corrected chi connectivity index (χ1v) is 6.60. The molecule has 3 heteroatoms. The number of para-hydroxylation sites is 1. The summed E-state index contributed by atoms with van der Waals surface area (Å²) in [7, 11) is 0. The highest BCUT2D eigenvalue weighted by atomic mass is 16.3. The van der Waals surface area contributed by atoms with Gasteiger partial charge in [0, 0.05) is 11.4 Å². The highest BCUT2D eigenvalue weighted by Gasteiger charge is 1.95. The first-order valence-electron chi connectivity index (χ1n) is 6.60. The van der Waals surface area contributed by atoms with E-state index in [1.54, 1.807) is 24.3 Å². The first-order chi connectivity index (χ1) is 10.1. The van der Waals surface area contributed by atoms with Crippen molar-refractivity contribution in [2.24, 2.45) is 0 Å². The van der Waals surface area contributed by atoms with Gasteiger partial charge in [0.1, 0.15) is 5.75 Å². The Balaban J connectivity index is 0.000000194. The largest absolute Gasteiger partial charge is 0.508 e. The highest BCUT2D eigenvalue weighted by Crippen LogP contribution is 2.21. The summed E-state index contributed by atoms with van der Waals surface area (Å²) < 4.78 is 0. The molecule has 106 valence electrons. The van der Waals surface area contributed by atoms with Gasteiger partial charge in [0.2, 0.25) is 0 Å². The molecule has 0 atom stereocenters. The molecule has 0 unspecified atom stereocenters. The normalized spacial score (nSPS) is 9.52. The molecular formula is C18H18N2O. The fourth-order valence-corrected chi connectivity index (χ4v) is 1.78. The molecule has 3 rings (SSSR count). The molecule has 0 aromatic heterocycles. The van der Waals surface area contributed by atoms with Gasteiger partial charge in [-0.3, -0.25) is 0 Å². The van der Waals surface area contributed by atoms with Crippen LogP contribution in [-0.2, 0) is 0 Å². The number of aromatic hydroxyl groups is 1. The van der Waals surface area contributed by atoms with Gasteiger partial charge in [0.15, 0.2) is 0 Å². The van der Waals surface area contributed by atoms with Crippen molar-refractivity contribution in [3.63, 3.8) is 0 Å². The summed E-state index contributed by atoms with van der Waals surface area (Å²) in [6.07, 6.45) is 0. The van der Waals surface area contributed by atoms with E-state index in [2.05, 4.69) is 0 Å². The summed E-state index contributed by atoms with van der Waals surface area (Å²) in [5.41, 5.74) is 15.1. The zero-order chi connectivity index (χ0) is 15.1. The lowest BCUT2D eigenvalue weighted by molar-refractivity contribution is 0.475. The molecule has 0 aliphatic carbocycles. The molecule has 0 bridgehead atoms. The number of benzene rings is 3. The predicted octanol–water partition coefficient (Wildman–Crippen LogP) is 3.91. The molecule has 0 saturated carbocycles. The van der Waals surface area contributed by atoms with E-state index in [4.69, 9.17) is 16.6 Å². The quantitative estimate of drug-likeness (QED) is 0.591. The molecule has 0 aliphatic rings. The fraction of sp³-hybridized carbons (Fsp3) is 0. The van der Waals surface area contributed by atoms with Gasteiger partial charge in [-0.2, -0.15) is 0 Å². The van der Waals surface area contributed by atoms with E-state index in [1.807, 2.05) is 54.6 Å². The predicted molar refractivity (Wildman–Crippen MR) is 88.8 cm³/mol. The fourth-order valence-electron chi connectivity index (χ4n) is 1.78. The van der Waals surface area contributed by atoms with Crippen molar-refractivity contribution >= 4 is 11.4 Å². The third-order valence-electron chi connectivity index (χ3n) is 2.91. The van der Waals surface area contributed by atoms with Crippen LogP contribution in [0.4, 0.5) is 11.4 Å². The van der Waals surface area contributed by atoms with Gasteiger partial charge in [0.05, 0.1) is 0 Å². The molecule has 0 amide bonds. The van der Waals surface area contributed by atoms with Crippen LogP contribution >= 0.6 is 0 Å². The Hall–Kier alpha value is -2.94. The molecule has 0 spiro atoms. The minimum absolute atomic E-state index is 0.322. The van der Waals surface area contributed by atoms with Crippen LogP contribution in [0.1, 0.15) is 0 Å². The minimum atomic E-state index is 0.322. The Morgan fingerprint density at radius 3 is 1.19 bits per heavy atom. The number of hydrogen-bond donors (Lipinski definition) is 3. The van der Waals surface area contributed by atoms with Crippen LogP contribution in [0.3, 0.4) is 0 Å². The summed E-state index contributed by atoms with van der Waals surface area (Å²) in [6.45, 7) is 0. The summed E-state index contributed by atoms with van der Waals surface area (Å²) >= 11 is 0. The number of phenols is 1. The maximum atomic E-state index is 8.63. The molecule has 21 heavy (non-hydrogen) atoms. The average Bonchev–Trinajstić information content (AvgIpc) is 2.50. The maximum absolute atomic E-state index is 8.63. The van der Waals surface area contributed by atoms with E-state index >= 15 is 0 Å². The lowest BCUT2D eigenvalue weighted by Crippen LogP contribution is -1.85. The molecule has 0 radical (unpaired) electrons. The van der Waals surface area contributed by atoms with Crippen LogP contribution in [0.5, 0.6) is 5.75 Å². The van der Waals surface area contributed by atoms with Crippen molar-refractivity contribution in [3.05, 3.63) is 78.9 Å². The standard InChI is InChI=1S/C12H12N2.C6H6O/c13-11-5-1-9(2-6-11)10-3-7-12(14)8-4-10;7-6-4-2-1-3-5-6/h1-8H,13-14H2;1-5,7H. The van der Waals surface area contributed by atoms with Gasteiger partial charge in [-0.05, 0) is 47.5 Å². The van der Waals surface area contributed by atoms with Gasteiger partial charge < -0.3 is 16.6 Å². The molecule has 3 aromatic rings. The van der Waals surface area contributed by atoms with Crippen molar-refractivity contribution < 1.29 is 5.11 Å². The lowest BCUT2D eigenvalue weighted by Gasteiger charge is -2.02. The Morgan fingerprint density at radius 1 is 0.524 bits per heavy atom. The van der Waals surface area contributed by atoms with Crippen molar-refractivity contribution in [1.29, 1.82) is 0 Å². The molecule has 5 N–H and O–H groups in total. The van der Waals surface area contributed by atoms with E-state index in [-0.39, 0.29) is 0 Å². The Kier molecular flexibility index (Phi) is 4.83. The topological polar surface area (TPSA) is 72.3 Å². The van der Waals surface area contributed by atoms with Crippen molar-refractivity contribution in [2.75, 3.05) is 11.5 Å². The molecular weight excluding hydrogens is 260 g/mol. The van der Waals surface area contributed by atoms with Crippen LogP contribution < -0.4 is 11.5 Å². The van der Waals surface area contributed by atoms with Crippen LogP contribution in [0.25, 0.3) is 11.1 Å². The van der Waals surface area contributed by atoms with Crippen molar-refractivity contribution in [2.45, 2.75) is 0 Å². The number of hydrogen-bond acceptors (Lipinski definition) is 3. The molecule has 3 nitrogen and oxygen atoms in total. The molecule has 0 fully saturated rings. The smallest absolute Gasteiger partial charge is 0.115 e. The molecule has 0 heterocycles. The molecule has 3 aromatic carbocycles. The third-order valence-corrected chi connectivity index (χ3v) is 2.91. The highest BCUT2D eigenvalue weighted by molar-refractivity contribution is 5.67. The second kappa shape index (κ2) is 7.01. The number of phenolic OH excluding ortho intramolecular Hbond substituents is 1. The summed E-state index contributed by atoms with van der Waals surface area (Å²) in [6, 6.07) is 24.3. The van der Waals surface area contributed by atoms with E-state index < -0.39 is 0 Å². The Bertz CT molecular complexity index is 618. The minimum Gasteiger partial charge on any atom is -0.508 e. The first kappa shape index (κ1) is 14.5. The molecule has 0 aliphatic heterocycles. The van der Waals surface area contributed by atoms with Gasteiger partial charge in [-0.1, -0.05) is 42.5 Å². The average molecular weight is 278 g/mol. The van der Waals surface area contributed by atoms with Gasteiger partial charge in [0.25, 0.3) is 0 Å². The number of nitrogen functional groups attached to an aromatic ring is 2. The monoisotopic (exact) mass is 278 g/mol. The van der Waals surface area contributed by atoms with E-state index in [1.165, 1.54) is 0 Å². The number of nitrogens with two attached hydrogens (primary N) is 2. The Labute approximate surface area is 124 Å². The second-order valence-electron chi connectivity index (χ2n) is 4.58. The van der Waals surface area contributed by atoms with Crippen molar-refractivity contribution in [1.82, 2.24) is 0 Å². The van der Waals surface area contributed by atoms with E-state index in [0.717, 1.165) is 22.5 Å². The SMILES string of the molecule is Nc1ccc(-c2ccc(N)cc2)cc1.Oc1ccccc1. The number of rotatable bonds is 1.